The molecule has 1 fully saturated rings. The minimum absolute atomic E-state index is 0.0121. The van der Waals surface area contributed by atoms with Gasteiger partial charge in [0.15, 0.2) is 11.5 Å². The van der Waals surface area contributed by atoms with Crippen molar-refractivity contribution in [2.75, 3.05) is 29.6 Å². The van der Waals surface area contributed by atoms with E-state index in [1.165, 1.54) is 0 Å². The highest BCUT2D eigenvalue weighted by Gasteiger charge is 2.36. The number of anilines is 2. The molecular weight excluding hydrogens is 480 g/mol. The topological polar surface area (TPSA) is 76.9 Å². The maximum absolute atomic E-state index is 13.7. The van der Waals surface area contributed by atoms with Gasteiger partial charge in [0.05, 0.1) is 11.0 Å². The molecule has 0 saturated carbocycles. The molecule has 1 unspecified atom stereocenters. The van der Waals surface area contributed by atoms with Gasteiger partial charge in [0, 0.05) is 42.4 Å². The van der Waals surface area contributed by atoms with Crippen molar-refractivity contribution >= 4 is 34.2 Å². The maximum Gasteiger partial charge on any atom is 0.247 e. The highest BCUT2D eigenvalue weighted by molar-refractivity contribution is 5.97. The lowest BCUT2D eigenvalue weighted by molar-refractivity contribution is -0.119. The Hall–Kier alpha value is -4.33. The fraction of sp³-hybridized carbons (Fsp3) is 0.300. The third kappa shape index (κ3) is 4.36. The number of hydrogen-bond donors (Lipinski definition) is 0. The maximum atomic E-state index is 13.7. The normalized spacial score (nSPS) is 16.9. The van der Waals surface area contributed by atoms with Crippen molar-refractivity contribution in [3.8, 4) is 11.5 Å². The molecule has 38 heavy (non-hydrogen) atoms. The fourth-order valence-corrected chi connectivity index (χ4v) is 5.43. The lowest BCUT2D eigenvalue weighted by Gasteiger charge is -2.28. The first-order valence-corrected chi connectivity index (χ1v) is 13.0. The van der Waals surface area contributed by atoms with Gasteiger partial charge < -0.3 is 23.8 Å². The van der Waals surface area contributed by atoms with Crippen molar-refractivity contribution in [1.82, 2.24) is 9.55 Å². The Morgan fingerprint density at radius 2 is 1.74 bits per heavy atom. The van der Waals surface area contributed by atoms with Crippen LogP contribution in [0.15, 0.2) is 72.8 Å². The average Bonchev–Trinajstić information content (AvgIpc) is 3.49. The largest absolute Gasteiger partial charge is 0.486 e. The first-order chi connectivity index (χ1) is 18.5. The highest BCUT2D eigenvalue weighted by atomic mass is 16.6. The number of ether oxygens (including phenoxy) is 2. The molecule has 4 aromatic rings. The number of amides is 2. The van der Waals surface area contributed by atoms with E-state index in [1.807, 2.05) is 96.1 Å². The number of fused-ring (bicyclic) bond motifs is 2. The predicted molar refractivity (Wildman–Crippen MR) is 146 cm³/mol. The molecule has 6 rings (SSSR count). The van der Waals surface area contributed by atoms with Crippen molar-refractivity contribution in [3.63, 3.8) is 0 Å². The van der Waals surface area contributed by atoms with E-state index in [2.05, 4.69) is 0 Å². The van der Waals surface area contributed by atoms with Gasteiger partial charge in [-0.3, -0.25) is 9.59 Å². The molecule has 2 aliphatic heterocycles. The van der Waals surface area contributed by atoms with Crippen LogP contribution in [0.1, 0.15) is 32.0 Å². The van der Waals surface area contributed by atoms with E-state index in [9.17, 15) is 9.59 Å². The SMILES string of the molecule is CC(C)N(C(=O)Cn1c(C2CC(=O)N(c3ccc4c(c3)OCCO4)C2)nc2ccccc21)c1ccccc1. The fourth-order valence-electron chi connectivity index (χ4n) is 5.43. The monoisotopic (exact) mass is 510 g/mol. The van der Waals surface area contributed by atoms with Gasteiger partial charge >= 0.3 is 0 Å². The lowest BCUT2D eigenvalue weighted by Crippen LogP contribution is -2.39. The standard InChI is InChI=1S/C30H30N4O4/c1-20(2)34(22-8-4-3-5-9-22)29(36)19-33-25-11-7-6-10-24(25)31-30(33)21-16-28(35)32(18-21)23-12-13-26-27(17-23)38-15-14-37-26/h3-13,17,20-21H,14-16,18-19H2,1-2H3. The average molecular weight is 511 g/mol. The molecule has 0 spiro atoms. The molecule has 1 atom stereocenters. The number of rotatable bonds is 6. The summed E-state index contributed by atoms with van der Waals surface area (Å²) in [5, 5.41) is 0. The molecule has 194 valence electrons. The first kappa shape index (κ1) is 24.0. The minimum atomic E-state index is -0.153. The molecular formula is C30H30N4O4. The number of imidazole rings is 1. The second-order valence-electron chi connectivity index (χ2n) is 9.97. The van der Waals surface area contributed by atoms with Gasteiger partial charge in [-0.15, -0.1) is 0 Å². The minimum Gasteiger partial charge on any atom is -0.486 e. The summed E-state index contributed by atoms with van der Waals surface area (Å²) in [5.41, 5.74) is 3.34. The molecule has 2 aliphatic rings. The number of benzene rings is 3. The van der Waals surface area contributed by atoms with Crippen LogP contribution in [0.5, 0.6) is 11.5 Å². The zero-order chi connectivity index (χ0) is 26.2. The molecule has 0 bridgehead atoms. The first-order valence-electron chi connectivity index (χ1n) is 13.0. The van der Waals surface area contributed by atoms with E-state index in [0.717, 1.165) is 28.2 Å². The molecule has 1 aromatic heterocycles. The van der Waals surface area contributed by atoms with Crippen LogP contribution < -0.4 is 19.3 Å². The quantitative estimate of drug-likeness (QED) is 0.374. The van der Waals surface area contributed by atoms with Crippen molar-refractivity contribution in [3.05, 3.63) is 78.6 Å². The van der Waals surface area contributed by atoms with Crippen molar-refractivity contribution in [2.45, 2.75) is 38.8 Å². The van der Waals surface area contributed by atoms with E-state index in [-0.39, 0.29) is 30.3 Å². The Bertz CT molecular complexity index is 1500. The summed E-state index contributed by atoms with van der Waals surface area (Å²) in [6, 6.07) is 23.1. The van der Waals surface area contributed by atoms with E-state index >= 15 is 0 Å². The zero-order valence-electron chi connectivity index (χ0n) is 21.5. The Balaban J connectivity index is 1.32. The van der Waals surface area contributed by atoms with Crippen LogP contribution in [0.25, 0.3) is 11.0 Å². The second-order valence-corrected chi connectivity index (χ2v) is 9.97. The summed E-state index contributed by atoms with van der Waals surface area (Å²) < 4.78 is 13.4. The van der Waals surface area contributed by atoms with E-state index < -0.39 is 0 Å². The van der Waals surface area contributed by atoms with Crippen LogP contribution in [0.2, 0.25) is 0 Å². The highest BCUT2D eigenvalue weighted by Crippen LogP contribution is 2.38. The van der Waals surface area contributed by atoms with E-state index in [1.54, 1.807) is 4.90 Å². The van der Waals surface area contributed by atoms with Gasteiger partial charge in [0.1, 0.15) is 25.6 Å². The molecule has 2 amide bonds. The number of carbonyl (C=O) groups is 2. The summed E-state index contributed by atoms with van der Waals surface area (Å²) in [6.45, 7) is 5.64. The van der Waals surface area contributed by atoms with Crippen molar-refractivity contribution in [1.29, 1.82) is 0 Å². The van der Waals surface area contributed by atoms with Crippen LogP contribution in [0.3, 0.4) is 0 Å². The molecule has 8 heteroatoms. The third-order valence-corrected chi connectivity index (χ3v) is 7.12. The van der Waals surface area contributed by atoms with Gasteiger partial charge in [-0.1, -0.05) is 30.3 Å². The summed E-state index contributed by atoms with van der Waals surface area (Å²) in [4.78, 5) is 35.4. The number of para-hydroxylation sites is 3. The number of aromatic nitrogens is 2. The number of carbonyl (C=O) groups excluding carboxylic acids is 2. The van der Waals surface area contributed by atoms with Crippen LogP contribution in [0.4, 0.5) is 11.4 Å². The number of hydrogen-bond acceptors (Lipinski definition) is 5. The molecule has 3 aromatic carbocycles. The second kappa shape index (κ2) is 9.85. The Morgan fingerprint density at radius 1 is 1.00 bits per heavy atom. The molecule has 0 N–H and O–H groups in total. The number of nitrogens with zero attached hydrogens (tertiary/aromatic N) is 4. The summed E-state index contributed by atoms with van der Waals surface area (Å²) in [6.07, 6.45) is 0.318. The van der Waals surface area contributed by atoms with Crippen LogP contribution in [0, 0.1) is 0 Å². The smallest absolute Gasteiger partial charge is 0.247 e. The summed E-state index contributed by atoms with van der Waals surface area (Å²) >= 11 is 0. The van der Waals surface area contributed by atoms with Crippen LogP contribution in [-0.2, 0) is 16.1 Å². The van der Waals surface area contributed by atoms with Gasteiger partial charge in [0.25, 0.3) is 0 Å². The third-order valence-electron chi connectivity index (χ3n) is 7.12. The van der Waals surface area contributed by atoms with Crippen molar-refractivity contribution in [2.24, 2.45) is 0 Å². The van der Waals surface area contributed by atoms with Gasteiger partial charge in [-0.25, -0.2) is 4.98 Å². The zero-order valence-corrected chi connectivity index (χ0v) is 21.5. The van der Waals surface area contributed by atoms with E-state index in [0.29, 0.717) is 37.7 Å². The van der Waals surface area contributed by atoms with Crippen LogP contribution in [-0.4, -0.2) is 47.2 Å². The van der Waals surface area contributed by atoms with Crippen LogP contribution >= 0.6 is 0 Å². The summed E-state index contributed by atoms with van der Waals surface area (Å²) in [7, 11) is 0. The molecule has 3 heterocycles. The molecule has 0 radical (unpaired) electrons. The van der Waals surface area contributed by atoms with E-state index in [4.69, 9.17) is 14.5 Å². The molecule has 8 nitrogen and oxygen atoms in total. The molecule has 0 aliphatic carbocycles. The molecule has 1 saturated heterocycles. The van der Waals surface area contributed by atoms with Crippen molar-refractivity contribution < 1.29 is 19.1 Å². The van der Waals surface area contributed by atoms with Gasteiger partial charge in [-0.2, -0.15) is 0 Å². The Kier molecular flexibility index (Phi) is 6.23. The predicted octanol–water partition coefficient (Wildman–Crippen LogP) is 4.77. The summed E-state index contributed by atoms with van der Waals surface area (Å²) in [5.74, 6) is 1.94. The van der Waals surface area contributed by atoms with Gasteiger partial charge in [-0.05, 0) is 50.2 Å². The lowest BCUT2D eigenvalue weighted by atomic mass is 10.1. The van der Waals surface area contributed by atoms with Gasteiger partial charge in [0.2, 0.25) is 11.8 Å². The Labute approximate surface area is 221 Å². The Morgan fingerprint density at radius 3 is 2.53 bits per heavy atom.